The Hall–Kier alpha value is -1.22. The van der Waals surface area contributed by atoms with Gasteiger partial charge in [0.05, 0.1) is 0 Å². The van der Waals surface area contributed by atoms with Gasteiger partial charge in [-0.3, -0.25) is 0 Å². The average molecular weight is 272 g/mol. The first-order valence-electron chi connectivity index (χ1n) is 4.53. The van der Waals surface area contributed by atoms with Gasteiger partial charge in [-0.05, 0) is 10.8 Å². The molecule has 0 fully saturated rings. The molecule has 0 saturated carbocycles. The van der Waals surface area contributed by atoms with Crippen LogP contribution in [0.5, 0.6) is 0 Å². The quantitative estimate of drug-likeness (QED) is 0.820. The molecular formula is C10H10O5P2+2. The lowest BCUT2D eigenvalue weighted by Gasteiger charge is -1.92. The molecular weight excluding hydrogens is 262 g/mol. The summed E-state index contributed by atoms with van der Waals surface area (Å²) in [6, 6.07) is 16.7. The lowest BCUT2D eigenvalue weighted by molar-refractivity contribution is 0.371. The van der Waals surface area contributed by atoms with Crippen LogP contribution in [-0.4, -0.2) is 9.79 Å². The smallest absolute Gasteiger partial charge is 0.131 e. The van der Waals surface area contributed by atoms with Gasteiger partial charge in [-0.2, -0.15) is 0 Å². The molecule has 2 unspecified atom stereocenters. The van der Waals surface area contributed by atoms with Crippen LogP contribution in [0.15, 0.2) is 48.5 Å². The van der Waals surface area contributed by atoms with Crippen molar-refractivity contribution in [2.24, 2.45) is 0 Å². The Kier molecular flexibility index (Phi) is 5.84. The molecule has 0 aromatic heterocycles. The number of hydrogen-bond acceptors (Lipinski definition) is 3. The highest BCUT2D eigenvalue weighted by Crippen LogP contribution is 2.30. The van der Waals surface area contributed by atoms with Crippen LogP contribution < -0.4 is 0 Å². The molecule has 0 aliphatic rings. The van der Waals surface area contributed by atoms with Gasteiger partial charge < -0.3 is 0 Å². The van der Waals surface area contributed by atoms with Crippen molar-refractivity contribution in [3.63, 3.8) is 0 Å². The molecule has 0 saturated heterocycles. The highest BCUT2D eigenvalue weighted by atomic mass is 31.2. The summed E-state index contributed by atoms with van der Waals surface area (Å²) in [6.45, 7) is 0. The maximum atomic E-state index is 9.39. The summed E-state index contributed by atoms with van der Waals surface area (Å²) in [7, 11) is -5.85. The third-order valence-electron chi connectivity index (χ3n) is 1.80. The molecule has 0 heterocycles. The van der Waals surface area contributed by atoms with Gasteiger partial charge in [0.25, 0.3) is 0 Å². The molecule has 0 spiro atoms. The minimum atomic E-state index is -2.92. The van der Waals surface area contributed by atoms with Crippen molar-refractivity contribution in [1.82, 2.24) is 0 Å². The van der Waals surface area contributed by atoms with E-state index in [2.05, 4.69) is 52.8 Å². The van der Waals surface area contributed by atoms with Crippen LogP contribution in [0.4, 0.5) is 0 Å². The van der Waals surface area contributed by atoms with Gasteiger partial charge in [-0.1, -0.05) is 48.5 Å². The van der Waals surface area contributed by atoms with E-state index in [1.807, 2.05) is 0 Å². The zero-order valence-corrected chi connectivity index (χ0v) is 10.4. The van der Waals surface area contributed by atoms with E-state index in [0.717, 1.165) is 0 Å². The molecule has 2 rings (SSSR count). The summed E-state index contributed by atoms with van der Waals surface area (Å²) in [5.74, 6) is 0. The van der Waals surface area contributed by atoms with E-state index in [1.54, 1.807) is 0 Å². The monoisotopic (exact) mass is 272 g/mol. The predicted molar refractivity (Wildman–Crippen MR) is 64.7 cm³/mol. The molecule has 88 valence electrons. The lowest BCUT2D eigenvalue weighted by Crippen LogP contribution is -1.67. The predicted octanol–water partition coefficient (Wildman–Crippen LogP) is 3.14. The van der Waals surface area contributed by atoms with Gasteiger partial charge in [0.1, 0.15) is 0 Å². The summed E-state index contributed by atoms with van der Waals surface area (Å²) >= 11 is 0. The highest BCUT2D eigenvalue weighted by molar-refractivity contribution is 7.46. The summed E-state index contributed by atoms with van der Waals surface area (Å²) in [5.41, 5.74) is 0. The number of rotatable bonds is 2. The van der Waals surface area contributed by atoms with Crippen molar-refractivity contribution in [1.29, 1.82) is 0 Å². The Balaban J connectivity index is 0.000000185. The normalized spacial score (nSPS) is 11.4. The number of fused-ring (bicyclic) bond motifs is 1. The summed E-state index contributed by atoms with van der Waals surface area (Å²) in [4.78, 5) is 15.3. The van der Waals surface area contributed by atoms with Crippen molar-refractivity contribution >= 4 is 27.3 Å². The fourth-order valence-electron chi connectivity index (χ4n) is 1.19. The maximum Gasteiger partial charge on any atom is 0.745 e. The van der Waals surface area contributed by atoms with Crippen LogP contribution in [0, 0.1) is 0 Å². The van der Waals surface area contributed by atoms with E-state index >= 15 is 0 Å². The van der Waals surface area contributed by atoms with E-state index in [0.29, 0.717) is 0 Å². The Labute approximate surface area is 99.6 Å². The Morgan fingerprint density at radius 1 is 0.765 bits per heavy atom. The minimum absolute atomic E-state index is 1.31. The standard InChI is InChI=1S/C10H8.O5P2/c1-2-6-10-8-4-3-7-9(10)5-1;1-6(2)5-7(3)4/h1-8H;/p+2. The zero-order valence-electron chi connectivity index (χ0n) is 8.63. The molecule has 0 aliphatic carbocycles. The van der Waals surface area contributed by atoms with Crippen LogP contribution >= 0.6 is 16.5 Å². The fraction of sp³-hybridized carbons (Fsp3) is 0. The first-order chi connectivity index (χ1) is 8.09. The van der Waals surface area contributed by atoms with Crippen molar-refractivity contribution in [3.8, 4) is 0 Å². The van der Waals surface area contributed by atoms with Gasteiger partial charge >= 0.3 is 16.5 Å². The molecule has 2 N–H and O–H groups in total. The van der Waals surface area contributed by atoms with E-state index in [1.165, 1.54) is 10.8 Å². The van der Waals surface area contributed by atoms with E-state index < -0.39 is 16.5 Å². The van der Waals surface area contributed by atoms with Crippen LogP contribution in [0.25, 0.3) is 10.8 Å². The number of benzene rings is 2. The van der Waals surface area contributed by atoms with Crippen molar-refractivity contribution in [2.75, 3.05) is 0 Å². The van der Waals surface area contributed by atoms with Crippen LogP contribution in [0.1, 0.15) is 0 Å². The first-order valence-corrected chi connectivity index (χ1v) is 6.80. The second-order valence-electron chi connectivity index (χ2n) is 2.90. The van der Waals surface area contributed by atoms with Crippen molar-refractivity contribution in [2.45, 2.75) is 0 Å². The van der Waals surface area contributed by atoms with E-state index in [4.69, 9.17) is 9.79 Å². The lowest BCUT2D eigenvalue weighted by atomic mass is 10.1. The van der Waals surface area contributed by atoms with E-state index in [-0.39, 0.29) is 0 Å². The third-order valence-corrected chi connectivity index (χ3v) is 2.92. The second kappa shape index (κ2) is 7.17. The fourth-order valence-corrected chi connectivity index (χ4v) is 1.67. The Morgan fingerprint density at radius 3 is 1.24 bits per heavy atom. The molecule has 0 bridgehead atoms. The summed E-state index contributed by atoms with van der Waals surface area (Å²) < 4.78 is 22.2. The molecule has 0 amide bonds. The second-order valence-corrected chi connectivity index (χ2v) is 4.51. The average Bonchev–Trinajstić information content (AvgIpc) is 2.28. The Bertz CT molecular complexity index is 451. The topological polar surface area (TPSA) is 83.8 Å². The first kappa shape index (κ1) is 13.8. The SMILES string of the molecule is O=[P+](O)O[P+](=O)O.c1ccc2ccccc2c1. The summed E-state index contributed by atoms with van der Waals surface area (Å²) in [5, 5.41) is 2.62. The highest BCUT2D eigenvalue weighted by Gasteiger charge is 2.31. The molecule has 7 heteroatoms. The molecule has 0 radical (unpaired) electrons. The van der Waals surface area contributed by atoms with Gasteiger partial charge in [-0.25, -0.2) is 0 Å². The van der Waals surface area contributed by atoms with Gasteiger partial charge in [0.2, 0.25) is 0 Å². The van der Waals surface area contributed by atoms with Crippen molar-refractivity contribution < 1.29 is 23.2 Å². The maximum absolute atomic E-state index is 9.39. The minimum Gasteiger partial charge on any atom is -0.131 e. The molecule has 5 nitrogen and oxygen atoms in total. The third kappa shape index (κ3) is 5.59. The van der Waals surface area contributed by atoms with Gasteiger partial charge in [-0.15, -0.1) is 9.79 Å². The molecule has 2 aromatic rings. The number of hydrogen-bond donors (Lipinski definition) is 2. The molecule has 2 aromatic carbocycles. The van der Waals surface area contributed by atoms with Crippen molar-refractivity contribution in [3.05, 3.63) is 48.5 Å². The Morgan fingerprint density at radius 2 is 1.06 bits per heavy atom. The van der Waals surface area contributed by atoms with Crippen LogP contribution in [-0.2, 0) is 13.4 Å². The largest absolute Gasteiger partial charge is 0.745 e. The summed E-state index contributed by atoms with van der Waals surface area (Å²) in [6.07, 6.45) is 0. The van der Waals surface area contributed by atoms with Crippen LogP contribution in [0.2, 0.25) is 0 Å². The van der Waals surface area contributed by atoms with Crippen LogP contribution in [0.3, 0.4) is 0 Å². The van der Waals surface area contributed by atoms with E-state index in [9.17, 15) is 9.13 Å². The zero-order chi connectivity index (χ0) is 12.7. The molecule has 0 aliphatic heterocycles. The molecule has 17 heavy (non-hydrogen) atoms. The molecule has 2 atom stereocenters. The van der Waals surface area contributed by atoms with Gasteiger partial charge in [0.15, 0.2) is 4.31 Å². The van der Waals surface area contributed by atoms with Gasteiger partial charge in [0, 0.05) is 9.13 Å².